The van der Waals surface area contributed by atoms with E-state index < -0.39 is 0 Å². The summed E-state index contributed by atoms with van der Waals surface area (Å²) in [6.07, 6.45) is 6.25. The SMILES string of the molecule is [CH]=CCCCc1ccc(C(C)CC)cc1. The molecule has 1 aromatic carbocycles. The van der Waals surface area contributed by atoms with Crippen LogP contribution in [0.4, 0.5) is 0 Å². The Bertz CT molecular complexity index is 281. The first-order valence-electron chi connectivity index (χ1n) is 5.90. The lowest BCUT2D eigenvalue weighted by atomic mass is 9.96. The molecule has 0 amide bonds. The van der Waals surface area contributed by atoms with Crippen LogP contribution in [0.1, 0.15) is 50.2 Å². The van der Waals surface area contributed by atoms with Crippen LogP contribution in [0.15, 0.2) is 30.3 Å². The molecule has 1 rings (SSSR count). The summed E-state index contributed by atoms with van der Waals surface area (Å²) in [6, 6.07) is 9.02. The zero-order chi connectivity index (χ0) is 11.1. The second kappa shape index (κ2) is 6.44. The Labute approximate surface area is 94.0 Å². The Hall–Kier alpha value is -1.04. The monoisotopic (exact) mass is 201 g/mol. The minimum absolute atomic E-state index is 0.677. The van der Waals surface area contributed by atoms with Gasteiger partial charge in [0.25, 0.3) is 0 Å². The quantitative estimate of drug-likeness (QED) is 0.594. The molecule has 0 aromatic heterocycles. The third-order valence-corrected chi connectivity index (χ3v) is 3.00. The van der Waals surface area contributed by atoms with Crippen molar-refractivity contribution in [3.63, 3.8) is 0 Å². The van der Waals surface area contributed by atoms with E-state index in [1.807, 2.05) is 0 Å². The summed E-state index contributed by atoms with van der Waals surface area (Å²) in [5, 5.41) is 0. The van der Waals surface area contributed by atoms with Crippen LogP contribution >= 0.6 is 0 Å². The molecular weight excluding hydrogens is 180 g/mol. The van der Waals surface area contributed by atoms with E-state index in [-0.39, 0.29) is 0 Å². The molecule has 0 aliphatic heterocycles. The summed E-state index contributed by atoms with van der Waals surface area (Å²) < 4.78 is 0. The van der Waals surface area contributed by atoms with Crippen LogP contribution in [-0.2, 0) is 6.42 Å². The number of unbranched alkanes of at least 4 members (excludes halogenated alkanes) is 1. The molecule has 1 atom stereocenters. The summed E-state index contributed by atoms with van der Waals surface area (Å²) in [7, 11) is 0. The number of rotatable bonds is 6. The van der Waals surface area contributed by atoms with Gasteiger partial charge in [-0.1, -0.05) is 50.8 Å². The largest absolute Gasteiger partial charge is 0.0845 e. The van der Waals surface area contributed by atoms with Gasteiger partial charge >= 0.3 is 0 Å². The second-order valence-electron chi connectivity index (χ2n) is 4.18. The molecule has 1 aromatic rings. The topological polar surface area (TPSA) is 0 Å². The lowest BCUT2D eigenvalue weighted by Crippen LogP contribution is -1.92. The van der Waals surface area contributed by atoms with Crippen molar-refractivity contribution in [3.05, 3.63) is 48.0 Å². The maximum atomic E-state index is 5.35. The van der Waals surface area contributed by atoms with Crippen molar-refractivity contribution in [2.75, 3.05) is 0 Å². The smallest absolute Gasteiger partial charge is 0.0193 e. The van der Waals surface area contributed by atoms with Crippen LogP contribution in [0.3, 0.4) is 0 Å². The van der Waals surface area contributed by atoms with Crippen molar-refractivity contribution in [2.45, 2.75) is 45.4 Å². The van der Waals surface area contributed by atoms with E-state index in [1.54, 1.807) is 6.08 Å². The summed E-state index contributed by atoms with van der Waals surface area (Å²) in [5.74, 6) is 0.677. The maximum absolute atomic E-state index is 5.35. The van der Waals surface area contributed by atoms with Crippen LogP contribution in [0.5, 0.6) is 0 Å². The fourth-order valence-corrected chi connectivity index (χ4v) is 1.67. The van der Waals surface area contributed by atoms with Gasteiger partial charge in [0.15, 0.2) is 0 Å². The number of hydrogen-bond acceptors (Lipinski definition) is 0. The molecule has 0 aliphatic rings. The first-order chi connectivity index (χ1) is 7.27. The Balaban J connectivity index is 2.52. The molecule has 1 radical (unpaired) electrons. The molecule has 15 heavy (non-hydrogen) atoms. The van der Waals surface area contributed by atoms with Gasteiger partial charge in [-0.25, -0.2) is 0 Å². The minimum atomic E-state index is 0.677. The summed E-state index contributed by atoms with van der Waals surface area (Å²) in [5.41, 5.74) is 2.87. The molecule has 0 aliphatic carbocycles. The molecule has 0 spiro atoms. The fraction of sp³-hybridized carbons (Fsp3) is 0.467. The Morgan fingerprint density at radius 2 is 1.93 bits per heavy atom. The minimum Gasteiger partial charge on any atom is -0.0845 e. The molecular formula is C15H21. The molecule has 0 bridgehead atoms. The highest BCUT2D eigenvalue weighted by atomic mass is 14.1. The average molecular weight is 201 g/mol. The van der Waals surface area contributed by atoms with E-state index >= 15 is 0 Å². The van der Waals surface area contributed by atoms with Gasteiger partial charge in [-0.05, 0) is 42.7 Å². The molecule has 0 heterocycles. The van der Waals surface area contributed by atoms with Gasteiger partial charge in [0, 0.05) is 0 Å². The van der Waals surface area contributed by atoms with Gasteiger partial charge in [-0.2, -0.15) is 0 Å². The van der Waals surface area contributed by atoms with Gasteiger partial charge in [-0.3, -0.25) is 0 Å². The van der Waals surface area contributed by atoms with Crippen LogP contribution in [0.2, 0.25) is 0 Å². The molecule has 1 unspecified atom stereocenters. The third-order valence-electron chi connectivity index (χ3n) is 3.00. The molecule has 0 N–H and O–H groups in total. The molecule has 0 fully saturated rings. The van der Waals surface area contributed by atoms with Gasteiger partial charge in [-0.15, -0.1) is 0 Å². The Kier molecular flexibility index (Phi) is 5.17. The predicted octanol–water partition coefficient (Wildman–Crippen LogP) is 4.51. The van der Waals surface area contributed by atoms with Crippen molar-refractivity contribution in [3.8, 4) is 0 Å². The van der Waals surface area contributed by atoms with Gasteiger partial charge in [0.2, 0.25) is 0 Å². The molecule has 0 nitrogen and oxygen atoms in total. The van der Waals surface area contributed by atoms with Crippen molar-refractivity contribution in [1.29, 1.82) is 0 Å². The molecule has 0 saturated carbocycles. The highest BCUT2D eigenvalue weighted by molar-refractivity contribution is 5.25. The van der Waals surface area contributed by atoms with Crippen LogP contribution in [-0.4, -0.2) is 0 Å². The number of hydrogen-bond donors (Lipinski definition) is 0. The number of allylic oxidation sites excluding steroid dienone is 1. The average Bonchev–Trinajstić information content (AvgIpc) is 2.29. The van der Waals surface area contributed by atoms with E-state index in [0.29, 0.717) is 5.92 Å². The van der Waals surface area contributed by atoms with E-state index in [0.717, 1.165) is 19.3 Å². The van der Waals surface area contributed by atoms with Gasteiger partial charge in [0.05, 0.1) is 0 Å². The van der Waals surface area contributed by atoms with E-state index in [1.165, 1.54) is 17.5 Å². The zero-order valence-corrected chi connectivity index (χ0v) is 9.87. The first kappa shape index (κ1) is 12.0. The second-order valence-corrected chi connectivity index (χ2v) is 4.18. The van der Waals surface area contributed by atoms with Crippen LogP contribution in [0.25, 0.3) is 0 Å². The van der Waals surface area contributed by atoms with Crippen molar-refractivity contribution < 1.29 is 0 Å². The van der Waals surface area contributed by atoms with Crippen LogP contribution < -0.4 is 0 Å². The van der Waals surface area contributed by atoms with E-state index in [9.17, 15) is 0 Å². The molecule has 81 valence electrons. The van der Waals surface area contributed by atoms with Crippen molar-refractivity contribution >= 4 is 0 Å². The van der Waals surface area contributed by atoms with E-state index in [4.69, 9.17) is 6.58 Å². The summed E-state index contributed by atoms with van der Waals surface area (Å²) >= 11 is 0. The summed E-state index contributed by atoms with van der Waals surface area (Å²) in [4.78, 5) is 0. The van der Waals surface area contributed by atoms with Crippen molar-refractivity contribution in [1.82, 2.24) is 0 Å². The Morgan fingerprint density at radius 3 is 2.47 bits per heavy atom. The lowest BCUT2D eigenvalue weighted by molar-refractivity contribution is 0.732. The Morgan fingerprint density at radius 1 is 1.27 bits per heavy atom. The number of aryl methyl sites for hydroxylation is 1. The molecule has 0 saturated heterocycles. The zero-order valence-electron chi connectivity index (χ0n) is 9.87. The standard InChI is InChI=1S/C15H21/c1-4-6-7-8-14-9-11-15(12-10-14)13(3)5-2/h1,4,9-13H,5-8H2,2-3H3. The normalized spacial score (nSPS) is 12.4. The lowest BCUT2D eigenvalue weighted by Gasteiger charge is -2.09. The first-order valence-corrected chi connectivity index (χ1v) is 5.90. The molecule has 0 heteroatoms. The predicted molar refractivity (Wildman–Crippen MR) is 67.0 cm³/mol. The van der Waals surface area contributed by atoms with Gasteiger partial charge < -0.3 is 0 Å². The number of benzene rings is 1. The highest BCUT2D eigenvalue weighted by Gasteiger charge is 2.01. The van der Waals surface area contributed by atoms with Gasteiger partial charge in [0.1, 0.15) is 0 Å². The van der Waals surface area contributed by atoms with E-state index in [2.05, 4.69) is 38.1 Å². The third kappa shape index (κ3) is 3.91. The van der Waals surface area contributed by atoms with Crippen molar-refractivity contribution in [2.24, 2.45) is 0 Å². The fourth-order valence-electron chi connectivity index (χ4n) is 1.67. The maximum Gasteiger partial charge on any atom is -0.0193 e. The summed E-state index contributed by atoms with van der Waals surface area (Å²) in [6.45, 7) is 9.86. The van der Waals surface area contributed by atoms with Crippen LogP contribution in [0, 0.1) is 6.58 Å². The highest BCUT2D eigenvalue weighted by Crippen LogP contribution is 2.19.